The van der Waals surface area contributed by atoms with Gasteiger partial charge in [-0.3, -0.25) is 4.79 Å². The first-order valence-corrected chi connectivity index (χ1v) is 10.1. The van der Waals surface area contributed by atoms with Crippen molar-refractivity contribution < 1.29 is 13.6 Å². The fourth-order valence-electron chi connectivity index (χ4n) is 3.08. The highest BCUT2D eigenvalue weighted by Crippen LogP contribution is 2.31. The molecule has 2 aromatic heterocycles. The van der Waals surface area contributed by atoms with Crippen LogP contribution in [0.25, 0.3) is 28.6 Å². The molecular weight excluding hydrogens is 400 g/mol. The number of aromatic nitrogens is 1. The monoisotopic (exact) mass is 420 g/mol. The van der Waals surface area contributed by atoms with E-state index in [-0.39, 0.29) is 5.91 Å². The normalized spacial score (nSPS) is 12.5. The van der Waals surface area contributed by atoms with Crippen LogP contribution in [0.5, 0.6) is 0 Å². The summed E-state index contributed by atoms with van der Waals surface area (Å²) in [5.41, 5.74) is 3.97. The summed E-state index contributed by atoms with van der Waals surface area (Å²) in [5, 5.41) is 3.20. The third kappa shape index (κ3) is 4.31. The summed E-state index contributed by atoms with van der Waals surface area (Å²) in [7, 11) is 0. The van der Waals surface area contributed by atoms with E-state index >= 15 is 0 Å². The lowest BCUT2D eigenvalue weighted by atomic mass is 9.98. The van der Waals surface area contributed by atoms with Crippen molar-refractivity contribution in [1.29, 1.82) is 0 Å². The quantitative estimate of drug-likeness (QED) is 0.344. The SMILES string of the molecule is CCC(C)c1ccc2oc(-c3ccc(Cl)c(NC(=O)/C=C/c4ccco4)c3)nc2c1. The highest BCUT2D eigenvalue weighted by Gasteiger charge is 2.13. The molecule has 0 aliphatic heterocycles. The molecule has 0 radical (unpaired) electrons. The van der Waals surface area contributed by atoms with Crippen LogP contribution < -0.4 is 5.32 Å². The zero-order valence-electron chi connectivity index (χ0n) is 16.7. The second-order valence-corrected chi connectivity index (χ2v) is 7.50. The van der Waals surface area contributed by atoms with Crippen LogP contribution in [0.3, 0.4) is 0 Å². The Labute approximate surface area is 179 Å². The Morgan fingerprint density at radius 2 is 2.10 bits per heavy atom. The Kier molecular flexibility index (Phi) is 5.72. The number of amides is 1. The van der Waals surface area contributed by atoms with Gasteiger partial charge in [-0.2, -0.15) is 0 Å². The summed E-state index contributed by atoms with van der Waals surface area (Å²) in [6, 6.07) is 14.9. The van der Waals surface area contributed by atoms with Gasteiger partial charge in [-0.05, 0) is 66.4 Å². The van der Waals surface area contributed by atoms with Crippen LogP contribution in [0.15, 0.2) is 69.7 Å². The zero-order valence-corrected chi connectivity index (χ0v) is 17.4. The number of nitrogens with one attached hydrogen (secondary N) is 1. The number of oxazole rings is 1. The van der Waals surface area contributed by atoms with Crippen LogP contribution in [0.2, 0.25) is 5.02 Å². The number of hydrogen-bond acceptors (Lipinski definition) is 4. The number of fused-ring (bicyclic) bond motifs is 1. The van der Waals surface area contributed by atoms with Crippen molar-refractivity contribution in [3.05, 3.63) is 77.2 Å². The van der Waals surface area contributed by atoms with E-state index in [0.717, 1.165) is 23.1 Å². The molecule has 0 spiro atoms. The molecule has 1 atom stereocenters. The molecule has 0 saturated carbocycles. The third-order valence-corrected chi connectivity index (χ3v) is 5.34. The van der Waals surface area contributed by atoms with Gasteiger partial charge in [0.15, 0.2) is 5.58 Å². The van der Waals surface area contributed by atoms with Gasteiger partial charge in [-0.1, -0.05) is 31.5 Å². The largest absolute Gasteiger partial charge is 0.465 e. The minimum Gasteiger partial charge on any atom is -0.465 e. The van der Waals surface area contributed by atoms with Gasteiger partial charge in [0.05, 0.1) is 17.0 Å². The van der Waals surface area contributed by atoms with Crippen molar-refractivity contribution in [2.75, 3.05) is 5.32 Å². The van der Waals surface area contributed by atoms with E-state index in [0.29, 0.717) is 28.3 Å². The van der Waals surface area contributed by atoms with Gasteiger partial charge in [0.2, 0.25) is 11.8 Å². The Morgan fingerprint density at radius 3 is 2.87 bits per heavy atom. The first-order chi connectivity index (χ1) is 14.5. The van der Waals surface area contributed by atoms with E-state index < -0.39 is 0 Å². The van der Waals surface area contributed by atoms with Gasteiger partial charge in [-0.25, -0.2) is 4.98 Å². The fourth-order valence-corrected chi connectivity index (χ4v) is 3.25. The Morgan fingerprint density at radius 1 is 1.23 bits per heavy atom. The summed E-state index contributed by atoms with van der Waals surface area (Å²) in [6.07, 6.45) is 5.58. The maximum atomic E-state index is 12.2. The van der Waals surface area contributed by atoms with Crippen LogP contribution >= 0.6 is 11.6 Å². The lowest BCUT2D eigenvalue weighted by Gasteiger charge is -2.07. The number of anilines is 1. The van der Waals surface area contributed by atoms with Gasteiger partial charge < -0.3 is 14.2 Å². The molecule has 30 heavy (non-hydrogen) atoms. The Hall–Kier alpha value is -3.31. The number of furan rings is 1. The van der Waals surface area contributed by atoms with Crippen molar-refractivity contribution in [3.8, 4) is 11.5 Å². The number of carbonyl (C=O) groups excluding carboxylic acids is 1. The van der Waals surface area contributed by atoms with Crippen LogP contribution in [0, 0.1) is 0 Å². The number of benzene rings is 2. The first kappa shape index (κ1) is 20.0. The maximum Gasteiger partial charge on any atom is 0.248 e. The van der Waals surface area contributed by atoms with Crippen molar-refractivity contribution in [3.63, 3.8) is 0 Å². The summed E-state index contributed by atoms with van der Waals surface area (Å²) >= 11 is 6.27. The number of nitrogens with zero attached hydrogens (tertiary/aromatic N) is 1. The molecule has 2 aromatic carbocycles. The number of carbonyl (C=O) groups is 1. The van der Waals surface area contributed by atoms with Crippen molar-refractivity contribution in [1.82, 2.24) is 4.98 Å². The Bertz CT molecular complexity index is 1210. The molecule has 5 nitrogen and oxygen atoms in total. The predicted molar refractivity (Wildman–Crippen MR) is 120 cm³/mol. The smallest absolute Gasteiger partial charge is 0.248 e. The van der Waals surface area contributed by atoms with Gasteiger partial charge in [0.25, 0.3) is 0 Å². The van der Waals surface area contributed by atoms with Gasteiger partial charge in [0.1, 0.15) is 11.3 Å². The van der Waals surface area contributed by atoms with E-state index in [1.807, 2.05) is 12.1 Å². The lowest BCUT2D eigenvalue weighted by Crippen LogP contribution is -2.08. The van der Waals surface area contributed by atoms with E-state index in [9.17, 15) is 4.79 Å². The highest BCUT2D eigenvalue weighted by molar-refractivity contribution is 6.34. The number of rotatable bonds is 6. The average molecular weight is 421 g/mol. The molecule has 0 saturated heterocycles. The Balaban J connectivity index is 1.58. The summed E-state index contributed by atoms with van der Waals surface area (Å²) in [4.78, 5) is 16.9. The molecule has 2 heterocycles. The first-order valence-electron chi connectivity index (χ1n) is 9.76. The van der Waals surface area contributed by atoms with E-state index in [2.05, 4.69) is 36.3 Å². The summed E-state index contributed by atoms with van der Waals surface area (Å²) in [5.74, 6) is 1.21. The van der Waals surface area contributed by atoms with Crippen LogP contribution in [0.4, 0.5) is 5.69 Å². The topological polar surface area (TPSA) is 68.3 Å². The van der Waals surface area contributed by atoms with Crippen LogP contribution in [-0.4, -0.2) is 10.9 Å². The minimum absolute atomic E-state index is 0.318. The van der Waals surface area contributed by atoms with Crippen molar-refractivity contribution in [2.45, 2.75) is 26.2 Å². The number of hydrogen-bond donors (Lipinski definition) is 1. The minimum atomic E-state index is -0.318. The molecule has 0 fully saturated rings. The molecule has 0 bridgehead atoms. The van der Waals surface area contributed by atoms with E-state index in [1.54, 1.807) is 36.6 Å². The second kappa shape index (κ2) is 8.59. The van der Waals surface area contributed by atoms with E-state index in [4.69, 9.17) is 20.4 Å². The fraction of sp³-hybridized carbons (Fsp3) is 0.167. The molecule has 0 aliphatic carbocycles. The molecular formula is C24H21ClN2O3. The second-order valence-electron chi connectivity index (χ2n) is 7.09. The standard InChI is InChI=1S/C24H21ClN2O3/c1-3-15(2)16-7-10-22-21(13-16)27-24(30-22)17-6-9-19(25)20(14-17)26-23(28)11-8-18-5-4-12-29-18/h4-15H,3H2,1-2H3,(H,26,28)/b11-8+. The molecule has 152 valence electrons. The predicted octanol–water partition coefficient (Wildman–Crippen LogP) is 6.91. The summed E-state index contributed by atoms with van der Waals surface area (Å²) < 4.78 is 11.1. The molecule has 1 unspecified atom stereocenters. The lowest BCUT2D eigenvalue weighted by molar-refractivity contribution is -0.111. The third-order valence-electron chi connectivity index (χ3n) is 5.01. The van der Waals surface area contributed by atoms with Crippen molar-refractivity contribution in [2.24, 2.45) is 0 Å². The van der Waals surface area contributed by atoms with Crippen molar-refractivity contribution >= 4 is 40.4 Å². The van der Waals surface area contributed by atoms with Gasteiger partial charge in [0, 0.05) is 11.6 Å². The van der Waals surface area contributed by atoms with Gasteiger partial charge in [-0.15, -0.1) is 0 Å². The van der Waals surface area contributed by atoms with Crippen LogP contribution in [-0.2, 0) is 4.79 Å². The molecule has 1 amide bonds. The molecule has 0 aliphatic rings. The van der Waals surface area contributed by atoms with E-state index in [1.165, 1.54) is 11.6 Å². The van der Waals surface area contributed by atoms with Crippen LogP contribution in [0.1, 0.15) is 37.5 Å². The molecule has 6 heteroatoms. The van der Waals surface area contributed by atoms with Gasteiger partial charge >= 0.3 is 0 Å². The summed E-state index contributed by atoms with van der Waals surface area (Å²) in [6.45, 7) is 4.35. The molecule has 4 aromatic rings. The highest BCUT2D eigenvalue weighted by atomic mass is 35.5. The number of halogens is 1. The molecule has 1 N–H and O–H groups in total. The molecule has 4 rings (SSSR count). The maximum absolute atomic E-state index is 12.2. The zero-order chi connectivity index (χ0) is 21.1. The average Bonchev–Trinajstić information content (AvgIpc) is 3.42.